The second-order valence-electron chi connectivity index (χ2n) is 5.50. The highest BCUT2D eigenvalue weighted by atomic mass is 19.4. The predicted molar refractivity (Wildman–Crippen MR) is 80.9 cm³/mol. The van der Waals surface area contributed by atoms with E-state index in [2.05, 4.69) is 20.5 Å². The lowest BCUT2D eigenvalue weighted by Crippen LogP contribution is -2.21. The maximum Gasteiger partial charge on any atom is 0.573 e. The average molecular weight is 340 g/mol. The van der Waals surface area contributed by atoms with Crippen LogP contribution in [-0.4, -0.2) is 22.2 Å². The number of anilines is 2. The number of hydrogen-bond acceptors (Lipinski definition) is 3. The maximum atomic E-state index is 12.1. The SMILES string of the molecule is Cn1nc(C2CC2)cc1NC(=O)Nc1ccc(OC(F)(F)F)cc1. The van der Waals surface area contributed by atoms with Crippen molar-refractivity contribution < 1.29 is 22.7 Å². The number of nitrogens with zero attached hydrogens (tertiary/aromatic N) is 2. The number of carbonyl (C=O) groups excluding carboxylic acids is 1. The van der Waals surface area contributed by atoms with Gasteiger partial charge in [0.2, 0.25) is 0 Å². The molecule has 0 bridgehead atoms. The minimum Gasteiger partial charge on any atom is -0.406 e. The van der Waals surface area contributed by atoms with E-state index in [9.17, 15) is 18.0 Å². The summed E-state index contributed by atoms with van der Waals surface area (Å²) >= 11 is 0. The standard InChI is InChI=1S/C15H15F3N4O2/c1-22-13(8-12(21-22)9-2-3-9)20-14(23)19-10-4-6-11(7-5-10)24-15(16,17)18/h4-9H,2-3H2,1H3,(H2,19,20,23). The Morgan fingerprint density at radius 1 is 1.25 bits per heavy atom. The van der Waals surface area contributed by atoms with Crippen molar-refractivity contribution in [3.8, 4) is 5.75 Å². The topological polar surface area (TPSA) is 68.2 Å². The van der Waals surface area contributed by atoms with Crippen molar-refractivity contribution >= 4 is 17.5 Å². The fourth-order valence-electron chi connectivity index (χ4n) is 2.20. The van der Waals surface area contributed by atoms with Crippen molar-refractivity contribution in [1.29, 1.82) is 0 Å². The number of urea groups is 1. The zero-order chi connectivity index (χ0) is 17.3. The van der Waals surface area contributed by atoms with Gasteiger partial charge in [-0.3, -0.25) is 10.00 Å². The number of ether oxygens (including phenoxy) is 1. The van der Waals surface area contributed by atoms with Crippen LogP contribution in [0.25, 0.3) is 0 Å². The fraction of sp³-hybridized carbons (Fsp3) is 0.333. The molecule has 9 heteroatoms. The molecule has 0 radical (unpaired) electrons. The Morgan fingerprint density at radius 3 is 2.50 bits per heavy atom. The lowest BCUT2D eigenvalue weighted by Gasteiger charge is -2.10. The molecule has 2 amide bonds. The quantitative estimate of drug-likeness (QED) is 0.888. The molecule has 3 rings (SSSR count). The number of amides is 2. The van der Waals surface area contributed by atoms with Crippen molar-refractivity contribution in [2.75, 3.05) is 10.6 Å². The Balaban J connectivity index is 1.58. The van der Waals surface area contributed by atoms with Crippen LogP contribution in [0, 0.1) is 0 Å². The van der Waals surface area contributed by atoms with Crippen LogP contribution in [0.15, 0.2) is 30.3 Å². The van der Waals surface area contributed by atoms with E-state index in [0.29, 0.717) is 17.4 Å². The first-order valence-corrected chi connectivity index (χ1v) is 7.28. The smallest absolute Gasteiger partial charge is 0.406 e. The van der Waals surface area contributed by atoms with Gasteiger partial charge in [0.25, 0.3) is 0 Å². The van der Waals surface area contributed by atoms with E-state index in [1.807, 2.05) is 6.07 Å². The molecule has 1 heterocycles. The number of rotatable bonds is 4. The highest BCUT2D eigenvalue weighted by Crippen LogP contribution is 2.39. The molecule has 128 valence electrons. The molecule has 0 saturated heterocycles. The van der Waals surface area contributed by atoms with E-state index in [-0.39, 0.29) is 5.75 Å². The zero-order valence-electron chi connectivity index (χ0n) is 12.7. The van der Waals surface area contributed by atoms with Gasteiger partial charge in [0.1, 0.15) is 11.6 Å². The summed E-state index contributed by atoms with van der Waals surface area (Å²) in [6.07, 6.45) is -2.53. The van der Waals surface area contributed by atoms with Gasteiger partial charge in [-0.15, -0.1) is 13.2 Å². The molecular weight excluding hydrogens is 325 g/mol. The van der Waals surface area contributed by atoms with E-state index in [1.54, 1.807) is 11.7 Å². The molecule has 24 heavy (non-hydrogen) atoms. The Bertz CT molecular complexity index is 736. The van der Waals surface area contributed by atoms with Crippen molar-refractivity contribution in [1.82, 2.24) is 9.78 Å². The van der Waals surface area contributed by atoms with Crippen LogP contribution in [0.1, 0.15) is 24.5 Å². The first kappa shape index (κ1) is 16.2. The van der Waals surface area contributed by atoms with Gasteiger partial charge in [-0.25, -0.2) is 4.79 Å². The summed E-state index contributed by atoms with van der Waals surface area (Å²) < 4.78 is 41.6. The van der Waals surface area contributed by atoms with Crippen LogP contribution in [0.4, 0.5) is 29.5 Å². The number of halogens is 3. The Kier molecular flexibility index (Phi) is 4.08. The van der Waals surface area contributed by atoms with E-state index in [1.165, 1.54) is 12.1 Å². The van der Waals surface area contributed by atoms with E-state index < -0.39 is 12.4 Å². The molecule has 6 nitrogen and oxygen atoms in total. The van der Waals surface area contributed by atoms with Gasteiger partial charge in [-0.2, -0.15) is 5.10 Å². The van der Waals surface area contributed by atoms with E-state index in [4.69, 9.17) is 0 Å². The van der Waals surface area contributed by atoms with Crippen LogP contribution >= 0.6 is 0 Å². The number of hydrogen-bond donors (Lipinski definition) is 2. The van der Waals surface area contributed by atoms with Gasteiger partial charge in [-0.1, -0.05) is 0 Å². The third-order valence-corrected chi connectivity index (χ3v) is 3.48. The molecule has 1 fully saturated rings. The maximum absolute atomic E-state index is 12.1. The largest absolute Gasteiger partial charge is 0.573 e. The van der Waals surface area contributed by atoms with Crippen LogP contribution < -0.4 is 15.4 Å². The number of alkyl halides is 3. The monoisotopic (exact) mass is 340 g/mol. The van der Waals surface area contributed by atoms with Crippen molar-refractivity contribution in [2.24, 2.45) is 7.05 Å². The lowest BCUT2D eigenvalue weighted by molar-refractivity contribution is -0.274. The molecule has 1 aromatic carbocycles. The summed E-state index contributed by atoms with van der Waals surface area (Å²) in [6.45, 7) is 0. The number of nitrogens with one attached hydrogen (secondary N) is 2. The molecule has 0 aliphatic heterocycles. The first-order chi connectivity index (χ1) is 11.3. The van der Waals surface area contributed by atoms with E-state index >= 15 is 0 Å². The van der Waals surface area contributed by atoms with Gasteiger partial charge in [0, 0.05) is 24.7 Å². The Labute approximate surface area is 135 Å². The minimum absolute atomic E-state index is 0.339. The molecule has 0 atom stereocenters. The van der Waals surface area contributed by atoms with Gasteiger partial charge < -0.3 is 10.1 Å². The van der Waals surface area contributed by atoms with Crippen LogP contribution in [-0.2, 0) is 7.05 Å². The Hall–Kier alpha value is -2.71. The van der Waals surface area contributed by atoms with Gasteiger partial charge >= 0.3 is 12.4 Å². The van der Waals surface area contributed by atoms with Gasteiger partial charge in [0.15, 0.2) is 0 Å². The second kappa shape index (κ2) is 6.06. The summed E-state index contributed by atoms with van der Waals surface area (Å²) in [5, 5.41) is 9.52. The Morgan fingerprint density at radius 2 is 1.92 bits per heavy atom. The third-order valence-electron chi connectivity index (χ3n) is 3.48. The van der Waals surface area contributed by atoms with Crippen LogP contribution in [0.2, 0.25) is 0 Å². The molecule has 2 aromatic rings. The van der Waals surface area contributed by atoms with Crippen molar-refractivity contribution in [3.63, 3.8) is 0 Å². The number of carbonyl (C=O) groups is 1. The summed E-state index contributed by atoms with van der Waals surface area (Å²) in [4.78, 5) is 12.0. The van der Waals surface area contributed by atoms with Gasteiger partial charge in [0.05, 0.1) is 5.69 Å². The fourth-order valence-corrected chi connectivity index (χ4v) is 2.20. The summed E-state index contributed by atoms with van der Waals surface area (Å²) in [6, 6.07) is 6.19. The number of aryl methyl sites for hydroxylation is 1. The van der Waals surface area contributed by atoms with E-state index in [0.717, 1.165) is 30.7 Å². The summed E-state index contributed by atoms with van der Waals surface area (Å²) in [5.74, 6) is 0.664. The normalized spacial score (nSPS) is 14.3. The molecule has 1 aliphatic rings. The first-order valence-electron chi connectivity index (χ1n) is 7.28. The molecule has 1 aliphatic carbocycles. The third kappa shape index (κ3) is 4.18. The molecule has 0 spiro atoms. The zero-order valence-corrected chi connectivity index (χ0v) is 12.7. The predicted octanol–water partition coefficient (Wildman–Crippen LogP) is 3.84. The van der Waals surface area contributed by atoms with Crippen LogP contribution in [0.3, 0.4) is 0 Å². The van der Waals surface area contributed by atoms with Crippen LogP contribution in [0.5, 0.6) is 5.75 Å². The van der Waals surface area contributed by atoms with Crippen molar-refractivity contribution in [3.05, 3.63) is 36.0 Å². The second-order valence-corrected chi connectivity index (χ2v) is 5.50. The molecule has 2 N–H and O–H groups in total. The lowest BCUT2D eigenvalue weighted by atomic mass is 10.3. The highest BCUT2D eigenvalue weighted by molar-refractivity contribution is 5.99. The molecule has 1 aromatic heterocycles. The average Bonchev–Trinajstić information content (AvgIpc) is 3.26. The summed E-state index contributed by atoms with van der Waals surface area (Å²) in [5.41, 5.74) is 1.29. The molecular formula is C15H15F3N4O2. The summed E-state index contributed by atoms with van der Waals surface area (Å²) in [7, 11) is 1.73. The molecule has 1 saturated carbocycles. The number of aromatic nitrogens is 2. The minimum atomic E-state index is -4.74. The van der Waals surface area contributed by atoms with Gasteiger partial charge in [-0.05, 0) is 37.1 Å². The van der Waals surface area contributed by atoms with Crippen molar-refractivity contribution in [2.45, 2.75) is 25.1 Å². The molecule has 0 unspecified atom stereocenters. The number of benzene rings is 1. The highest BCUT2D eigenvalue weighted by Gasteiger charge is 2.31.